The second-order valence-electron chi connectivity index (χ2n) is 6.78. The van der Waals surface area contributed by atoms with Gasteiger partial charge in [-0.1, -0.05) is 20.8 Å². The van der Waals surface area contributed by atoms with Gasteiger partial charge in [0.25, 0.3) is 0 Å². The van der Waals surface area contributed by atoms with E-state index in [1.807, 2.05) is 17.9 Å². The molecular formula is C16H25N3O2. The van der Waals surface area contributed by atoms with E-state index in [1.165, 1.54) is 0 Å². The Hall–Kier alpha value is -1.59. The topological polar surface area (TPSA) is 63.2 Å². The maximum atomic E-state index is 10.4. The molecule has 0 spiro atoms. The number of aliphatic hydroxyl groups is 1. The van der Waals surface area contributed by atoms with Gasteiger partial charge in [0.05, 0.1) is 12.0 Å². The summed E-state index contributed by atoms with van der Waals surface area (Å²) in [7, 11) is 1.93. The number of nitrogens with zero attached hydrogens (tertiary/aromatic N) is 2. The summed E-state index contributed by atoms with van der Waals surface area (Å²) >= 11 is 0. The zero-order valence-corrected chi connectivity index (χ0v) is 13.5. The molecule has 0 saturated carbocycles. The van der Waals surface area contributed by atoms with Crippen LogP contribution in [0.25, 0.3) is 0 Å². The molecule has 0 radical (unpaired) electrons. The minimum absolute atomic E-state index is 0.00179. The van der Waals surface area contributed by atoms with E-state index in [0.717, 1.165) is 11.3 Å². The molecular weight excluding hydrogens is 266 g/mol. The molecule has 116 valence electrons. The van der Waals surface area contributed by atoms with Crippen LogP contribution in [0.15, 0.2) is 29.0 Å². The number of rotatable bonds is 5. The maximum Gasteiger partial charge on any atom is 0.136 e. The van der Waals surface area contributed by atoms with E-state index in [2.05, 4.69) is 31.2 Å². The average Bonchev–Trinajstić information content (AvgIpc) is 2.97. The molecule has 2 N–H and O–H groups in total. The first kappa shape index (κ1) is 15.8. The zero-order chi connectivity index (χ0) is 15.7. The number of hydrogen-bond acceptors (Lipinski definition) is 4. The summed E-state index contributed by atoms with van der Waals surface area (Å²) in [4.78, 5) is 0. The largest absolute Gasteiger partial charge is 0.466 e. The van der Waals surface area contributed by atoms with Crippen LogP contribution in [0.1, 0.15) is 44.7 Å². The fourth-order valence-corrected chi connectivity index (χ4v) is 2.41. The molecule has 1 unspecified atom stereocenters. The predicted molar refractivity (Wildman–Crippen MR) is 81.9 cm³/mol. The normalized spacial score (nSPS) is 15.1. The smallest absolute Gasteiger partial charge is 0.136 e. The predicted octanol–water partition coefficient (Wildman–Crippen LogP) is 2.31. The quantitative estimate of drug-likeness (QED) is 0.887. The Morgan fingerprint density at radius 3 is 2.62 bits per heavy atom. The first-order valence-electron chi connectivity index (χ1n) is 7.20. The van der Waals surface area contributed by atoms with Gasteiger partial charge >= 0.3 is 0 Å². The molecule has 0 aliphatic heterocycles. The Labute approximate surface area is 126 Å². The van der Waals surface area contributed by atoms with Gasteiger partial charge < -0.3 is 14.8 Å². The highest BCUT2D eigenvalue weighted by atomic mass is 16.4. The van der Waals surface area contributed by atoms with Crippen LogP contribution in [0.4, 0.5) is 0 Å². The second-order valence-corrected chi connectivity index (χ2v) is 6.78. The van der Waals surface area contributed by atoms with Gasteiger partial charge in [-0.15, -0.1) is 0 Å². The lowest BCUT2D eigenvalue weighted by molar-refractivity contribution is 0.0340. The van der Waals surface area contributed by atoms with Crippen molar-refractivity contribution in [3.8, 4) is 0 Å². The first-order chi connectivity index (χ1) is 9.70. The van der Waals surface area contributed by atoms with Crippen molar-refractivity contribution in [2.45, 2.75) is 45.3 Å². The maximum absolute atomic E-state index is 10.4. The fourth-order valence-electron chi connectivity index (χ4n) is 2.41. The van der Waals surface area contributed by atoms with E-state index in [1.54, 1.807) is 25.3 Å². The molecule has 0 amide bonds. The summed E-state index contributed by atoms with van der Waals surface area (Å²) in [6.45, 7) is 9.27. The summed E-state index contributed by atoms with van der Waals surface area (Å²) < 4.78 is 7.11. The SMILES string of the molecule is Cn1cc(CNCC(C)(O)c2ccco2)c(C(C)(C)C)n1. The third-order valence-corrected chi connectivity index (χ3v) is 3.45. The van der Waals surface area contributed by atoms with E-state index in [-0.39, 0.29) is 5.41 Å². The van der Waals surface area contributed by atoms with Gasteiger partial charge in [0.2, 0.25) is 0 Å². The van der Waals surface area contributed by atoms with Gasteiger partial charge in [0.15, 0.2) is 0 Å². The number of aromatic nitrogens is 2. The van der Waals surface area contributed by atoms with Crippen molar-refractivity contribution < 1.29 is 9.52 Å². The monoisotopic (exact) mass is 291 g/mol. The molecule has 0 aliphatic carbocycles. The second kappa shape index (κ2) is 5.66. The van der Waals surface area contributed by atoms with Crippen molar-refractivity contribution in [2.24, 2.45) is 7.05 Å². The van der Waals surface area contributed by atoms with E-state index < -0.39 is 5.60 Å². The Balaban J connectivity index is 2.01. The zero-order valence-electron chi connectivity index (χ0n) is 13.5. The Morgan fingerprint density at radius 1 is 1.33 bits per heavy atom. The lowest BCUT2D eigenvalue weighted by atomic mass is 9.89. The van der Waals surface area contributed by atoms with E-state index in [0.29, 0.717) is 18.8 Å². The molecule has 1 atom stereocenters. The minimum Gasteiger partial charge on any atom is -0.466 e. The fraction of sp³-hybridized carbons (Fsp3) is 0.562. The van der Waals surface area contributed by atoms with Crippen LogP contribution in [-0.2, 0) is 24.6 Å². The third-order valence-electron chi connectivity index (χ3n) is 3.45. The molecule has 0 fully saturated rings. The molecule has 2 aromatic heterocycles. The lowest BCUT2D eigenvalue weighted by Gasteiger charge is -2.22. The number of hydrogen-bond donors (Lipinski definition) is 2. The van der Waals surface area contributed by atoms with Gasteiger partial charge in [0, 0.05) is 37.3 Å². The Bertz CT molecular complexity index is 577. The van der Waals surface area contributed by atoms with Crippen LogP contribution in [0.2, 0.25) is 0 Å². The number of aryl methyl sites for hydroxylation is 1. The average molecular weight is 291 g/mol. The summed E-state index contributed by atoms with van der Waals surface area (Å²) in [5.41, 5.74) is 1.21. The third kappa shape index (κ3) is 3.74. The lowest BCUT2D eigenvalue weighted by Crippen LogP contribution is -2.35. The van der Waals surface area contributed by atoms with Crippen molar-refractivity contribution in [2.75, 3.05) is 6.54 Å². The van der Waals surface area contributed by atoms with Crippen LogP contribution in [0.5, 0.6) is 0 Å². The van der Waals surface area contributed by atoms with Gasteiger partial charge in [0.1, 0.15) is 11.4 Å². The highest BCUT2D eigenvalue weighted by molar-refractivity contribution is 5.24. The number of nitrogens with one attached hydrogen (secondary N) is 1. The molecule has 0 aliphatic rings. The Morgan fingerprint density at radius 2 is 2.05 bits per heavy atom. The van der Waals surface area contributed by atoms with Crippen molar-refractivity contribution in [3.63, 3.8) is 0 Å². The summed E-state index contributed by atoms with van der Waals surface area (Å²) in [5.74, 6) is 0.567. The van der Waals surface area contributed by atoms with Crippen LogP contribution in [-0.4, -0.2) is 21.4 Å². The van der Waals surface area contributed by atoms with Gasteiger partial charge in [-0.3, -0.25) is 4.68 Å². The van der Waals surface area contributed by atoms with Gasteiger partial charge in [-0.2, -0.15) is 5.10 Å². The van der Waals surface area contributed by atoms with Crippen LogP contribution >= 0.6 is 0 Å². The van der Waals surface area contributed by atoms with E-state index >= 15 is 0 Å². The molecule has 5 nitrogen and oxygen atoms in total. The van der Waals surface area contributed by atoms with Crippen molar-refractivity contribution in [3.05, 3.63) is 41.6 Å². The van der Waals surface area contributed by atoms with Crippen LogP contribution in [0.3, 0.4) is 0 Å². The van der Waals surface area contributed by atoms with Crippen LogP contribution < -0.4 is 5.32 Å². The molecule has 2 rings (SSSR count). The van der Waals surface area contributed by atoms with E-state index in [4.69, 9.17) is 4.42 Å². The molecule has 5 heteroatoms. The molecule has 2 heterocycles. The van der Waals surface area contributed by atoms with Crippen molar-refractivity contribution in [1.82, 2.24) is 15.1 Å². The first-order valence-corrected chi connectivity index (χ1v) is 7.20. The molecule has 21 heavy (non-hydrogen) atoms. The summed E-state index contributed by atoms with van der Waals surface area (Å²) in [5, 5.41) is 18.2. The summed E-state index contributed by atoms with van der Waals surface area (Å²) in [6, 6.07) is 3.56. The van der Waals surface area contributed by atoms with Crippen molar-refractivity contribution >= 4 is 0 Å². The van der Waals surface area contributed by atoms with Crippen LogP contribution in [0, 0.1) is 0 Å². The minimum atomic E-state index is -1.02. The summed E-state index contributed by atoms with van der Waals surface area (Å²) in [6.07, 6.45) is 3.60. The highest BCUT2D eigenvalue weighted by Gasteiger charge is 2.26. The Kier molecular flexibility index (Phi) is 4.25. The molecule has 0 bridgehead atoms. The molecule has 2 aromatic rings. The number of furan rings is 1. The van der Waals surface area contributed by atoms with E-state index in [9.17, 15) is 5.11 Å². The standard InChI is InChI=1S/C16H25N3O2/c1-15(2,3)14-12(10-19(5)18-14)9-17-11-16(4,20)13-7-6-8-21-13/h6-8,10,17,20H,9,11H2,1-5H3. The van der Waals surface area contributed by atoms with Gasteiger partial charge in [-0.25, -0.2) is 0 Å². The van der Waals surface area contributed by atoms with Crippen molar-refractivity contribution in [1.29, 1.82) is 0 Å². The molecule has 0 saturated heterocycles. The molecule has 0 aromatic carbocycles. The highest BCUT2D eigenvalue weighted by Crippen LogP contribution is 2.24. The van der Waals surface area contributed by atoms with Gasteiger partial charge in [-0.05, 0) is 19.1 Å².